The molecule has 0 spiro atoms. The molecule has 4 aromatic rings. The second-order valence-corrected chi connectivity index (χ2v) is 6.36. The van der Waals surface area contributed by atoms with E-state index in [0.29, 0.717) is 5.82 Å². The van der Waals surface area contributed by atoms with Gasteiger partial charge >= 0.3 is 0 Å². The van der Waals surface area contributed by atoms with E-state index in [4.69, 9.17) is 0 Å². The average molecular weight is 357 g/mol. The minimum atomic E-state index is -0.154. The molecule has 0 aliphatic heterocycles. The fourth-order valence-electron chi connectivity index (χ4n) is 2.81. The Hall–Kier alpha value is -3.67. The van der Waals surface area contributed by atoms with Crippen LogP contribution in [0, 0.1) is 6.92 Å². The monoisotopic (exact) mass is 357 g/mol. The highest BCUT2D eigenvalue weighted by molar-refractivity contribution is 5.90. The van der Waals surface area contributed by atoms with Gasteiger partial charge in [-0.05, 0) is 36.8 Å². The summed E-state index contributed by atoms with van der Waals surface area (Å²) in [5, 5.41) is 9.66. The second kappa shape index (κ2) is 7.29. The molecule has 1 amide bonds. The van der Waals surface area contributed by atoms with Crippen LogP contribution in [0.3, 0.4) is 0 Å². The van der Waals surface area contributed by atoms with Crippen LogP contribution in [-0.4, -0.2) is 25.7 Å². The number of H-pyrrole nitrogens is 1. The Bertz CT molecular complexity index is 1030. The topological polar surface area (TPSA) is 75.6 Å². The van der Waals surface area contributed by atoms with Gasteiger partial charge < -0.3 is 4.57 Å². The van der Waals surface area contributed by atoms with Crippen molar-refractivity contribution in [1.29, 1.82) is 0 Å². The molecule has 0 saturated carbocycles. The number of nitrogens with one attached hydrogen (secondary N) is 2. The number of benzene rings is 2. The van der Waals surface area contributed by atoms with E-state index < -0.39 is 0 Å². The largest absolute Gasteiger partial charge is 0.324 e. The van der Waals surface area contributed by atoms with Gasteiger partial charge in [0.1, 0.15) is 0 Å². The number of rotatable bonds is 5. The van der Waals surface area contributed by atoms with Gasteiger partial charge in [-0.15, -0.1) is 5.10 Å². The maximum Gasteiger partial charge on any atom is 0.249 e. The van der Waals surface area contributed by atoms with Crippen molar-refractivity contribution in [3.05, 3.63) is 84.2 Å². The zero-order valence-electron chi connectivity index (χ0n) is 14.9. The maximum atomic E-state index is 12.3. The summed E-state index contributed by atoms with van der Waals surface area (Å²) < 4.78 is 2.02. The van der Waals surface area contributed by atoms with E-state index >= 15 is 0 Å². The highest BCUT2D eigenvalue weighted by Gasteiger charge is 2.10. The average Bonchev–Trinajstić information content (AvgIpc) is 3.35. The van der Waals surface area contributed by atoms with E-state index in [1.54, 1.807) is 0 Å². The highest BCUT2D eigenvalue weighted by atomic mass is 16.1. The van der Waals surface area contributed by atoms with Crippen LogP contribution in [0.2, 0.25) is 0 Å². The summed E-state index contributed by atoms with van der Waals surface area (Å²) in [6, 6.07) is 19.8. The van der Waals surface area contributed by atoms with Crippen LogP contribution < -0.4 is 5.32 Å². The molecule has 27 heavy (non-hydrogen) atoms. The molecular formula is C21H19N5O. The van der Waals surface area contributed by atoms with E-state index in [9.17, 15) is 4.79 Å². The van der Waals surface area contributed by atoms with Crippen LogP contribution in [-0.2, 0) is 11.2 Å². The van der Waals surface area contributed by atoms with E-state index in [1.165, 1.54) is 5.56 Å². The summed E-state index contributed by atoms with van der Waals surface area (Å²) in [5.41, 5.74) is 4.09. The molecule has 0 fully saturated rings. The molecule has 0 saturated heterocycles. The molecule has 0 aliphatic rings. The molecular weight excluding hydrogens is 338 g/mol. The third kappa shape index (κ3) is 3.95. The lowest BCUT2D eigenvalue weighted by atomic mass is 10.1. The molecule has 2 aromatic heterocycles. The first-order valence-electron chi connectivity index (χ1n) is 8.69. The van der Waals surface area contributed by atoms with Gasteiger partial charge in [0.05, 0.1) is 6.42 Å². The normalized spacial score (nSPS) is 10.7. The number of aromatic nitrogens is 4. The van der Waals surface area contributed by atoms with Gasteiger partial charge in [-0.3, -0.25) is 15.2 Å². The fraction of sp³-hybridized carbons (Fsp3) is 0.0952. The lowest BCUT2D eigenvalue weighted by molar-refractivity contribution is -0.115. The van der Waals surface area contributed by atoms with Crippen LogP contribution in [0.5, 0.6) is 0 Å². The van der Waals surface area contributed by atoms with Crippen molar-refractivity contribution >= 4 is 11.9 Å². The van der Waals surface area contributed by atoms with Crippen LogP contribution in [0.25, 0.3) is 17.1 Å². The Kier molecular flexibility index (Phi) is 4.53. The maximum absolute atomic E-state index is 12.3. The molecule has 0 bridgehead atoms. The van der Waals surface area contributed by atoms with Gasteiger partial charge in [-0.1, -0.05) is 42.0 Å². The molecule has 4 rings (SSSR count). The molecule has 2 aromatic carbocycles. The van der Waals surface area contributed by atoms with Gasteiger partial charge in [0, 0.05) is 23.6 Å². The Morgan fingerprint density at radius 1 is 1.04 bits per heavy atom. The van der Waals surface area contributed by atoms with Gasteiger partial charge in [-0.2, -0.15) is 4.98 Å². The molecule has 6 heteroatoms. The van der Waals surface area contributed by atoms with E-state index in [1.807, 2.05) is 84.5 Å². The number of aryl methyl sites for hydroxylation is 1. The minimum absolute atomic E-state index is 0.154. The van der Waals surface area contributed by atoms with Crippen molar-refractivity contribution in [3.63, 3.8) is 0 Å². The Morgan fingerprint density at radius 3 is 2.44 bits per heavy atom. The summed E-state index contributed by atoms with van der Waals surface area (Å²) >= 11 is 0. The Balaban J connectivity index is 1.39. The Labute approximate surface area is 156 Å². The molecule has 0 radical (unpaired) electrons. The molecule has 2 heterocycles. The second-order valence-electron chi connectivity index (χ2n) is 6.36. The van der Waals surface area contributed by atoms with Gasteiger partial charge in [0.15, 0.2) is 5.82 Å². The number of amides is 1. The fourth-order valence-corrected chi connectivity index (χ4v) is 2.81. The minimum Gasteiger partial charge on any atom is -0.324 e. The number of hydrogen-bond donors (Lipinski definition) is 2. The van der Waals surface area contributed by atoms with Gasteiger partial charge in [-0.25, -0.2) is 0 Å². The van der Waals surface area contributed by atoms with Gasteiger partial charge in [0.25, 0.3) is 0 Å². The molecule has 6 nitrogen and oxygen atoms in total. The van der Waals surface area contributed by atoms with Crippen molar-refractivity contribution in [1.82, 2.24) is 19.7 Å². The van der Waals surface area contributed by atoms with Crippen LogP contribution in [0.4, 0.5) is 5.95 Å². The summed E-state index contributed by atoms with van der Waals surface area (Å²) in [7, 11) is 0. The van der Waals surface area contributed by atoms with Crippen molar-refractivity contribution in [3.8, 4) is 17.1 Å². The predicted molar refractivity (Wildman–Crippen MR) is 105 cm³/mol. The number of anilines is 1. The predicted octanol–water partition coefficient (Wildman–Crippen LogP) is 3.75. The van der Waals surface area contributed by atoms with Gasteiger partial charge in [0.2, 0.25) is 11.9 Å². The summed E-state index contributed by atoms with van der Waals surface area (Å²) in [4.78, 5) is 16.6. The third-order valence-electron chi connectivity index (χ3n) is 4.27. The first-order valence-corrected chi connectivity index (χ1v) is 8.69. The van der Waals surface area contributed by atoms with Crippen LogP contribution in [0.1, 0.15) is 11.1 Å². The zero-order chi connectivity index (χ0) is 18.6. The van der Waals surface area contributed by atoms with Crippen molar-refractivity contribution in [2.24, 2.45) is 0 Å². The number of carbonyl (C=O) groups excluding carboxylic acids is 1. The van der Waals surface area contributed by atoms with E-state index in [0.717, 1.165) is 16.8 Å². The Morgan fingerprint density at radius 2 is 1.74 bits per heavy atom. The quantitative estimate of drug-likeness (QED) is 0.571. The molecule has 0 unspecified atom stereocenters. The van der Waals surface area contributed by atoms with Crippen molar-refractivity contribution < 1.29 is 4.79 Å². The van der Waals surface area contributed by atoms with Crippen LogP contribution in [0.15, 0.2) is 73.1 Å². The number of nitrogens with zero attached hydrogens (tertiary/aromatic N) is 3. The number of aromatic amines is 1. The molecule has 0 aliphatic carbocycles. The lowest BCUT2D eigenvalue weighted by Crippen LogP contribution is -2.15. The lowest BCUT2D eigenvalue weighted by Gasteiger charge is -2.05. The number of hydrogen-bond acceptors (Lipinski definition) is 3. The number of carbonyl (C=O) groups is 1. The van der Waals surface area contributed by atoms with Crippen molar-refractivity contribution in [2.75, 3.05) is 5.32 Å². The molecule has 0 atom stereocenters. The summed E-state index contributed by atoms with van der Waals surface area (Å²) in [5.74, 6) is 0.749. The SMILES string of the molecule is Cc1ccc(-c2nc(NC(=O)Cc3ccc(-n4cccc4)cc3)n[nH]2)cc1. The smallest absolute Gasteiger partial charge is 0.249 e. The summed E-state index contributed by atoms with van der Waals surface area (Å²) in [6.07, 6.45) is 4.23. The third-order valence-corrected chi connectivity index (χ3v) is 4.27. The van der Waals surface area contributed by atoms with Crippen molar-refractivity contribution in [2.45, 2.75) is 13.3 Å². The molecule has 134 valence electrons. The van der Waals surface area contributed by atoms with Crippen LogP contribution >= 0.6 is 0 Å². The van der Waals surface area contributed by atoms with E-state index in [-0.39, 0.29) is 18.3 Å². The van der Waals surface area contributed by atoms with E-state index in [2.05, 4.69) is 20.5 Å². The zero-order valence-corrected chi connectivity index (χ0v) is 14.9. The standard InChI is InChI=1S/C21H19N5O/c1-15-4-8-17(9-5-15)20-23-21(25-24-20)22-19(27)14-16-6-10-18(11-7-16)26-12-2-3-13-26/h2-13H,14H2,1H3,(H2,22,23,24,25,27). The summed E-state index contributed by atoms with van der Waals surface area (Å²) in [6.45, 7) is 2.03. The molecule has 2 N–H and O–H groups in total. The first-order chi connectivity index (χ1) is 13.2. The highest BCUT2D eigenvalue weighted by Crippen LogP contribution is 2.17. The first kappa shape index (κ1) is 16.8.